The van der Waals surface area contributed by atoms with Crippen LogP contribution in [0.15, 0.2) is 60.8 Å². The third-order valence-corrected chi connectivity index (χ3v) is 16.3. The highest BCUT2D eigenvalue weighted by Gasteiger charge is 2.20. The third kappa shape index (κ3) is 68.0. The van der Waals surface area contributed by atoms with Gasteiger partial charge in [0.25, 0.3) is 0 Å². The highest BCUT2D eigenvalue weighted by Crippen LogP contribution is 2.17. The maximum absolute atomic E-state index is 12.9. The molecule has 10 nitrogen and oxygen atoms in total. The fourth-order valence-electron chi connectivity index (χ4n) is 10.6. The van der Waals surface area contributed by atoms with Crippen LogP contribution in [0.4, 0.5) is 0 Å². The number of rotatable bonds is 68. The second-order valence-corrected chi connectivity index (χ2v) is 25.2. The van der Waals surface area contributed by atoms with Gasteiger partial charge in [0.2, 0.25) is 0 Å². The molecular weight excluding hydrogens is 1100 g/mol. The molecule has 0 heterocycles. The Hall–Kier alpha value is -3.95. The summed E-state index contributed by atoms with van der Waals surface area (Å²) in [7, 11) is 0. The smallest absolute Gasteiger partial charge is 0.306 e. The van der Waals surface area contributed by atoms with Crippen LogP contribution in [-0.2, 0) is 47.7 Å². The summed E-state index contributed by atoms with van der Waals surface area (Å²) in [4.78, 5) is 62.9. The van der Waals surface area contributed by atoms with Gasteiger partial charge in [-0.25, -0.2) is 0 Å². The predicted molar refractivity (Wildman–Crippen MR) is 370 cm³/mol. The lowest BCUT2D eigenvalue weighted by atomic mass is 10.0. The molecule has 0 rings (SSSR count). The Balaban J connectivity index is 4.23. The minimum Gasteiger partial charge on any atom is -0.462 e. The average molecular weight is 1240 g/mol. The molecule has 0 aromatic heterocycles. The molecule has 0 aromatic carbocycles. The number of carbonyl (C=O) groups is 5. The predicted octanol–water partition coefficient (Wildman–Crippen LogP) is 23.4. The first-order valence-electron chi connectivity index (χ1n) is 37.3. The first kappa shape index (κ1) is 84.0. The standard InChI is InChI=1S/C78H138O10/c1-5-8-11-14-17-20-23-26-29-34-40-45-50-55-60-65-75(80)85-70-73(88-78(83)68-63-58-53-48-43-38-31-28-25-22-19-16-13-10-7-3)71-86-76(81)66-61-56-51-46-41-36-33-32-35-39-44-49-54-59-64-74(79)84-69-72(4)87-77(82)67-62-57-52-47-42-37-30-27-24-21-18-15-12-9-6-2/h18-19,21-22,27-28,30-33,72-73H,5-17,20,23-26,29,34-71H2,1-4H3/b21-18-,22-19-,30-27-,31-28-,33-32-. The summed E-state index contributed by atoms with van der Waals surface area (Å²) in [5.41, 5.74) is 0. The average Bonchev–Trinajstić information content (AvgIpc) is 3.54. The van der Waals surface area contributed by atoms with E-state index in [0.717, 1.165) is 173 Å². The van der Waals surface area contributed by atoms with E-state index in [0.29, 0.717) is 32.1 Å². The topological polar surface area (TPSA) is 132 Å². The van der Waals surface area contributed by atoms with Crippen LogP contribution >= 0.6 is 0 Å². The molecule has 88 heavy (non-hydrogen) atoms. The van der Waals surface area contributed by atoms with Crippen molar-refractivity contribution in [2.75, 3.05) is 19.8 Å². The number of carbonyl (C=O) groups excluding carboxylic acids is 5. The van der Waals surface area contributed by atoms with E-state index in [4.69, 9.17) is 23.7 Å². The molecule has 0 saturated heterocycles. The zero-order chi connectivity index (χ0) is 64.0. The highest BCUT2D eigenvalue weighted by atomic mass is 16.6. The number of allylic oxidation sites excluding steroid dienone is 10. The van der Waals surface area contributed by atoms with Gasteiger partial charge in [0.15, 0.2) is 6.10 Å². The molecule has 0 radical (unpaired) electrons. The van der Waals surface area contributed by atoms with Crippen molar-refractivity contribution < 1.29 is 47.7 Å². The van der Waals surface area contributed by atoms with Crippen molar-refractivity contribution in [3.63, 3.8) is 0 Å². The Morgan fingerprint density at radius 2 is 0.466 bits per heavy atom. The summed E-state index contributed by atoms with van der Waals surface area (Å²) in [6.07, 6.45) is 79.3. The van der Waals surface area contributed by atoms with E-state index in [1.54, 1.807) is 6.92 Å². The summed E-state index contributed by atoms with van der Waals surface area (Å²) in [6, 6.07) is 0. The van der Waals surface area contributed by atoms with Crippen LogP contribution in [0.2, 0.25) is 0 Å². The first-order valence-corrected chi connectivity index (χ1v) is 37.3. The van der Waals surface area contributed by atoms with Crippen molar-refractivity contribution >= 4 is 29.8 Å². The number of esters is 5. The molecule has 0 aromatic rings. The highest BCUT2D eigenvalue weighted by molar-refractivity contribution is 5.71. The molecule has 0 spiro atoms. The molecule has 2 unspecified atom stereocenters. The molecule has 10 heteroatoms. The Morgan fingerprint density at radius 1 is 0.250 bits per heavy atom. The van der Waals surface area contributed by atoms with Crippen LogP contribution in [0.1, 0.15) is 374 Å². The molecule has 0 aliphatic rings. The second-order valence-electron chi connectivity index (χ2n) is 25.2. The molecule has 0 aliphatic carbocycles. The summed E-state index contributed by atoms with van der Waals surface area (Å²) in [6.45, 7) is 8.42. The zero-order valence-corrected chi connectivity index (χ0v) is 57.8. The summed E-state index contributed by atoms with van der Waals surface area (Å²) < 4.78 is 27.8. The second kappa shape index (κ2) is 70.5. The van der Waals surface area contributed by atoms with Crippen LogP contribution in [-0.4, -0.2) is 61.9 Å². The molecule has 0 N–H and O–H groups in total. The largest absolute Gasteiger partial charge is 0.462 e. The van der Waals surface area contributed by atoms with Gasteiger partial charge in [-0.2, -0.15) is 0 Å². The van der Waals surface area contributed by atoms with Crippen molar-refractivity contribution in [2.45, 2.75) is 387 Å². The molecule has 510 valence electrons. The molecule has 0 amide bonds. The fraction of sp³-hybridized carbons (Fsp3) is 0.808. The number of hydrogen-bond donors (Lipinski definition) is 0. The van der Waals surface area contributed by atoms with E-state index in [2.05, 4.69) is 81.5 Å². The van der Waals surface area contributed by atoms with E-state index < -0.39 is 12.2 Å². The van der Waals surface area contributed by atoms with Gasteiger partial charge in [-0.1, -0.05) is 274 Å². The molecule has 0 bridgehead atoms. The molecule has 0 fully saturated rings. The van der Waals surface area contributed by atoms with Crippen molar-refractivity contribution in [2.24, 2.45) is 0 Å². The monoisotopic (exact) mass is 1240 g/mol. The van der Waals surface area contributed by atoms with Gasteiger partial charge in [0, 0.05) is 32.1 Å². The molecular formula is C78H138O10. The summed E-state index contributed by atoms with van der Waals surface area (Å²) >= 11 is 0. The van der Waals surface area contributed by atoms with Crippen molar-refractivity contribution in [3.05, 3.63) is 60.8 Å². The van der Waals surface area contributed by atoms with Crippen LogP contribution < -0.4 is 0 Å². The summed E-state index contributed by atoms with van der Waals surface area (Å²) in [5.74, 6) is -1.39. The SMILES string of the molecule is CCCCC/C=C\C/C=C\CCCCCCCC(=O)OC(C)COC(=O)CCCCCCC/C=C\CCCCCCCC(=O)OCC(COC(=O)CCCCCCCCCCCCCCCCC)OC(=O)CCCCCCC/C=C\C/C=C\CCCCC. The van der Waals surface area contributed by atoms with Crippen LogP contribution in [0.5, 0.6) is 0 Å². The Labute approximate surface area is 542 Å². The molecule has 2 atom stereocenters. The van der Waals surface area contributed by atoms with Gasteiger partial charge in [0.1, 0.15) is 25.9 Å². The minimum absolute atomic E-state index is 0.103. The lowest BCUT2D eigenvalue weighted by molar-refractivity contribution is -0.167. The normalized spacial score (nSPS) is 12.5. The number of hydrogen-bond acceptors (Lipinski definition) is 10. The van der Waals surface area contributed by atoms with E-state index in [9.17, 15) is 24.0 Å². The molecule has 0 saturated carbocycles. The zero-order valence-electron chi connectivity index (χ0n) is 57.8. The van der Waals surface area contributed by atoms with Crippen molar-refractivity contribution in [1.82, 2.24) is 0 Å². The van der Waals surface area contributed by atoms with Crippen LogP contribution in [0.3, 0.4) is 0 Å². The Kier molecular flexibility index (Phi) is 67.3. The van der Waals surface area contributed by atoms with E-state index in [1.165, 1.54) is 141 Å². The molecule has 0 aliphatic heterocycles. The van der Waals surface area contributed by atoms with E-state index in [1.807, 2.05) is 0 Å². The maximum Gasteiger partial charge on any atom is 0.306 e. The van der Waals surface area contributed by atoms with Gasteiger partial charge < -0.3 is 23.7 Å². The van der Waals surface area contributed by atoms with Crippen LogP contribution in [0, 0.1) is 0 Å². The van der Waals surface area contributed by atoms with Gasteiger partial charge in [-0.15, -0.1) is 0 Å². The quantitative estimate of drug-likeness (QED) is 0.0251. The van der Waals surface area contributed by atoms with Crippen molar-refractivity contribution in [1.29, 1.82) is 0 Å². The third-order valence-electron chi connectivity index (χ3n) is 16.3. The van der Waals surface area contributed by atoms with Gasteiger partial charge >= 0.3 is 29.8 Å². The maximum atomic E-state index is 12.9. The van der Waals surface area contributed by atoms with Crippen LogP contribution in [0.25, 0.3) is 0 Å². The summed E-state index contributed by atoms with van der Waals surface area (Å²) in [5, 5.41) is 0. The van der Waals surface area contributed by atoms with E-state index >= 15 is 0 Å². The number of unbranched alkanes of at least 4 members (excludes halogenated alkanes) is 40. The lowest BCUT2D eigenvalue weighted by Gasteiger charge is -2.18. The van der Waals surface area contributed by atoms with E-state index in [-0.39, 0.29) is 49.7 Å². The van der Waals surface area contributed by atoms with Gasteiger partial charge in [0.05, 0.1) is 0 Å². The fourth-order valence-corrected chi connectivity index (χ4v) is 10.6. The van der Waals surface area contributed by atoms with Gasteiger partial charge in [-0.05, 0) is 129 Å². The van der Waals surface area contributed by atoms with Gasteiger partial charge in [-0.3, -0.25) is 24.0 Å². The minimum atomic E-state index is -0.812. The number of ether oxygens (including phenoxy) is 5. The van der Waals surface area contributed by atoms with Crippen molar-refractivity contribution in [3.8, 4) is 0 Å². The Morgan fingerprint density at radius 3 is 0.773 bits per heavy atom. The Bertz CT molecular complexity index is 1710. The first-order chi connectivity index (χ1) is 43.2. The lowest BCUT2D eigenvalue weighted by Crippen LogP contribution is -2.30.